The molecular weight excluding hydrogens is 262 g/mol. The highest BCUT2D eigenvalue weighted by molar-refractivity contribution is 5.83. The molecule has 1 unspecified atom stereocenters. The predicted octanol–water partition coefficient (Wildman–Crippen LogP) is 0.974. The highest BCUT2D eigenvalue weighted by atomic mass is 16.6. The molecule has 2 rings (SSSR count). The van der Waals surface area contributed by atoms with Crippen molar-refractivity contribution >= 4 is 17.3 Å². The average molecular weight is 279 g/mol. The minimum Gasteiger partial charge on any atom is -0.389 e. The molecule has 1 atom stereocenters. The van der Waals surface area contributed by atoms with Gasteiger partial charge in [-0.15, -0.1) is 0 Å². The van der Waals surface area contributed by atoms with Crippen LogP contribution < -0.4 is 10.2 Å². The summed E-state index contributed by atoms with van der Waals surface area (Å²) in [6, 6.07) is 4.61. The van der Waals surface area contributed by atoms with Crippen molar-refractivity contribution in [2.75, 3.05) is 24.5 Å². The van der Waals surface area contributed by atoms with Crippen molar-refractivity contribution in [1.29, 1.82) is 0 Å². The molecule has 20 heavy (non-hydrogen) atoms. The molecule has 1 saturated heterocycles. The van der Waals surface area contributed by atoms with Gasteiger partial charge in [-0.25, -0.2) is 0 Å². The maximum absolute atomic E-state index is 11.6. The van der Waals surface area contributed by atoms with Crippen LogP contribution in [0.15, 0.2) is 18.2 Å². The Morgan fingerprint density at radius 3 is 2.90 bits per heavy atom. The molecule has 1 aliphatic rings. The molecule has 1 aromatic carbocycles. The number of anilines is 1. The van der Waals surface area contributed by atoms with Crippen molar-refractivity contribution in [2.45, 2.75) is 19.4 Å². The minimum atomic E-state index is -0.768. The summed E-state index contributed by atoms with van der Waals surface area (Å²) >= 11 is 0. The molecule has 7 nitrogen and oxygen atoms in total. The van der Waals surface area contributed by atoms with E-state index in [0.717, 1.165) is 6.42 Å². The van der Waals surface area contributed by atoms with Gasteiger partial charge in [0, 0.05) is 19.2 Å². The number of nitro benzene ring substituents is 1. The van der Waals surface area contributed by atoms with Gasteiger partial charge >= 0.3 is 0 Å². The number of hydrogen-bond acceptors (Lipinski definition) is 5. The number of aliphatic hydroxyl groups excluding tert-OH is 1. The van der Waals surface area contributed by atoms with Crippen LogP contribution in [0.1, 0.15) is 25.0 Å². The standard InChI is InChI=1S/C13H17N3O4/c1-9(17)10-3-4-11(12(7-10)16(19)20)15-6-2-5-14-13(18)8-15/h3-4,7,9,17H,2,5-6,8H2,1H3,(H,14,18). The van der Waals surface area contributed by atoms with Gasteiger partial charge in [-0.1, -0.05) is 6.07 Å². The van der Waals surface area contributed by atoms with Crippen molar-refractivity contribution in [1.82, 2.24) is 5.32 Å². The Hall–Kier alpha value is -2.15. The topological polar surface area (TPSA) is 95.7 Å². The lowest BCUT2D eigenvalue weighted by Crippen LogP contribution is -2.33. The largest absolute Gasteiger partial charge is 0.389 e. The van der Waals surface area contributed by atoms with Gasteiger partial charge in [-0.2, -0.15) is 0 Å². The van der Waals surface area contributed by atoms with Gasteiger partial charge < -0.3 is 15.3 Å². The number of carbonyl (C=O) groups excluding carboxylic acids is 1. The maximum atomic E-state index is 11.6. The van der Waals surface area contributed by atoms with E-state index in [-0.39, 0.29) is 18.1 Å². The maximum Gasteiger partial charge on any atom is 0.292 e. The van der Waals surface area contributed by atoms with Crippen LogP contribution in [0.2, 0.25) is 0 Å². The highest BCUT2D eigenvalue weighted by Gasteiger charge is 2.23. The van der Waals surface area contributed by atoms with Gasteiger partial charge in [0.2, 0.25) is 5.91 Å². The lowest BCUT2D eigenvalue weighted by atomic mass is 10.1. The summed E-state index contributed by atoms with van der Waals surface area (Å²) < 4.78 is 0. The third-order valence-corrected chi connectivity index (χ3v) is 3.28. The summed E-state index contributed by atoms with van der Waals surface area (Å²) in [5.41, 5.74) is 0.814. The first-order valence-electron chi connectivity index (χ1n) is 6.47. The average Bonchev–Trinajstić information content (AvgIpc) is 2.62. The van der Waals surface area contributed by atoms with Crippen LogP contribution >= 0.6 is 0 Å². The second-order valence-electron chi connectivity index (χ2n) is 4.81. The summed E-state index contributed by atoms with van der Waals surface area (Å²) in [6.45, 7) is 2.81. The number of nitro groups is 1. The number of amides is 1. The number of hydrogen-bond donors (Lipinski definition) is 2. The van der Waals surface area contributed by atoms with Gasteiger partial charge in [0.15, 0.2) is 0 Å². The number of nitrogens with zero attached hydrogens (tertiary/aromatic N) is 2. The zero-order valence-corrected chi connectivity index (χ0v) is 11.2. The number of benzene rings is 1. The molecule has 1 amide bonds. The van der Waals surface area contributed by atoms with Crippen LogP contribution in [0.25, 0.3) is 0 Å². The zero-order valence-electron chi connectivity index (χ0n) is 11.2. The number of nitrogens with one attached hydrogen (secondary N) is 1. The Labute approximate surface area is 116 Å². The van der Waals surface area contributed by atoms with E-state index in [1.165, 1.54) is 6.07 Å². The van der Waals surface area contributed by atoms with E-state index in [0.29, 0.717) is 24.3 Å². The quantitative estimate of drug-likeness (QED) is 0.635. The van der Waals surface area contributed by atoms with Crippen LogP contribution in [-0.2, 0) is 4.79 Å². The normalized spacial score (nSPS) is 17.3. The lowest BCUT2D eigenvalue weighted by molar-refractivity contribution is -0.384. The Morgan fingerprint density at radius 1 is 1.50 bits per heavy atom. The molecule has 1 aliphatic heterocycles. The second kappa shape index (κ2) is 5.87. The van der Waals surface area contributed by atoms with E-state index in [1.807, 2.05) is 0 Å². The van der Waals surface area contributed by atoms with Crippen LogP contribution in [0.4, 0.5) is 11.4 Å². The fourth-order valence-electron chi connectivity index (χ4n) is 2.23. The molecule has 1 heterocycles. The Balaban J connectivity index is 2.39. The fourth-order valence-corrected chi connectivity index (χ4v) is 2.23. The van der Waals surface area contributed by atoms with E-state index in [4.69, 9.17) is 0 Å². The summed E-state index contributed by atoms with van der Waals surface area (Å²) in [4.78, 5) is 24.0. The molecule has 7 heteroatoms. The smallest absolute Gasteiger partial charge is 0.292 e. The monoisotopic (exact) mass is 279 g/mol. The number of aliphatic hydroxyl groups is 1. The summed E-state index contributed by atoms with van der Waals surface area (Å²) in [7, 11) is 0. The molecule has 108 valence electrons. The highest BCUT2D eigenvalue weighted by Crippen LogP contribution is 2.31. The zero-order chi connectivity index (χ0) is 14.7. The first kappa shape index (κ1) is 14.3. The summed E-state index contributed by atoms with van der Waals surface area (Å²) in [5.74, 6) is -0.142. The summed E-state index contributed by atoms with van der Waals surface area (Å²) in [6.07, 6.45) is -0.0312. The molecule has 1 aromatic rings. The van der Waals surface area contributed by atoms with Gasteiger partial charge in [0.25, 0.3) is 5.69 Å². The van der Waals surface area contributed by atoms with E-state index >= 15 is 0 Å². The van der Waals surface area contributed by atoms with Crippen molar-refractivity contribution < 1.29 is 14.8 Å². The third-order valence-electron chi connectivity index (χ3n) is 3.28. The Kier molecular flexibility index (Phi) is 4.19. The molecule has 0 aromatic heterocycles. The summed E-state index contributed by atoms with van der Waals surface area (Å²) in [5, 5.41) is 23.5. The Morgan fingerprint density at radius 2 is 2.25 bits per heavy atom. The molecule has 0 saturated carbocycles. The van der Waals surface area contributed by atoms with E-state index in [1.54, 1.807) is 24.0 Å². The number of rotatable bonds is 3. The lowest BCUT2D eigenvalue weighted by Gasteiger charge is -2.21. The van der Waals surface area contributed by atoms with Crippen LogP contribution in [-0.4, -0.2) is 35.6 Å². The van der Waals surface area contributed by atoms with Crippen LogP contribution in [0, 0.1) is 10.1 Å². The second-order valence-corrected chi connectivity index (χ2v) is 4.81. The fraction of sp³-hybridized carbons (Fsp3) is 0.462. The van der Waals surface area contributed by atoms with Gasteiger partial charge in [-0.05, 0) is 25.0 Å². The van der Waals surface area contributed by atoms with E-state index in [2.05, 4.69) is 5.32 Å². The first-order chi connectivity index (χ1) is 9.49. The van der Waals surface area contributed by atoms with E-state index in [9.17, 15) is 20.0 Å². The molecule has 0 radical (unpaired) electrons. The van der Waals surface area contributed by atoms with Crippen LogP contribution in [0.3, 0.4) is 0 Å². The molecule has 0 bridgehead atoms. The Bertz CT molecular complexity index is 530. The SMILES string of the molecule is CC(O)c1ccc(N2CCCNC(=O)C2)c([N+](=O)[O-])c1. The van der Waals surface area contributed by atoms with Crippen molar-refractivity contribution in [3.63, 3.8) is 0 Å². The molecule has 2 N–H and O–H groups in total. The van der Waals surface area contributed by atoms with Crippen molar-refractivity contribution in [3.8, 4) is 0 Å². The van der Waals surface area contributed by atoms with Crippen molar-refractivity contribution in [2.24, 2.45) is 0 Å². The van der Waals surface area contributed by atoms with Gasteiger partial charge in [0.1, 0.15) is 5.69 Å². The minimum absolute atomic E-state index is 0.0851. The molecular formula is C13H17N3O4. The van der Waals surface area contributed by atoms with Crippen molar-refractivity contribution in [3.05, 3.63) is 33.9 Å². The van der Waals surface area contributed by atoms with Gasteiger partial charge in [-0.3, -0.25) is 14.9 Å². The number of carbonyl (C=O) groups is 1. The van der Waals surface area contributed by atoms with Crippen LogP contribution in [0.5, 0.6) is 0 Å². The first-order valence-corrected chi connectivity index (χ1v) is 6.47. The molecule has 1 fully saturated rings. The molecule has 0 spiro atoms. The van der Waals surface area contributed by atoms with Gasteiger partial charge in [0.05, 0.1) is 17.6 Å². The predicted molar refractivity (Wildman–Crippen MR) is 73.6 cm³/mol. The third kappa shape index (κ3) is 3.05. The van der Waals surface area contributed by atoms with E-state index < -0.39 is 11.0 Å². The molecule has 0 aliphatic carbocycles.